The van der Waals surface area contributed by atoms with Crippen LogP contribution in [0.15, 0.2) is 54.6 Å². The highest BCUT2D eigenvalue weighted by Crippen LogP contribution is 2.29. The molecular weight excluding hydrogens is 447 g/mol. The fraction of sp³-hybridized carbons (Fsp3) is 0.261. The van der Waals surface area contributed by atoms with Gasteiger partial charge in [-0.1, -0.05) is 42.5 Å². The lowest BCUT2D eigenvalue weighted by Gasteiger charge is -2.25. The van der Waals surface area contributed by atoms with Gasteiger partial charge in [0, 0.05) is 30.9 Å². The van der Waals surface area contributed by atoms with Crippen LogP contribution in [0.1, 0.15) is 16.1 Å². The highest BCUT2D eigenvalue weighted by atomic mass is 32.2. The zero-order chi connectivity index (χ0) is 22.3. The van der Waals surface area contributed by atoms with Gasteiger partial charge in [-0.15, -0.1) is 23.1 Å². The van der Waals surface area contributed by atoms with Crippen molar-refractivity contribution >= 4 is 45.7 Å². The lowest BCUT2D eigenvalue weighted by Crippen LogP contribution is -2.29. The second-order valence-electron chi connectivity index (χ2n) is 7.40. The molecule has 6 nitrogen and oxygen atoms in total. The molecule has 4 rings (SSSR count). The largest absolute Gasteiger partial charge is 0.323 e. The second kappa shape index (κ2) is 10.7. The first-order valence-electron chi connectivity index (χ1n) is 10.2. The van der Waals surface area contributed by atoms with Crippen LogP contribution in [0.4, 0.5) is 15.2 Å². The summed E-state index contributed by atoms with van der Waals surface area (Å²) in [6, 6.07) is 16.4. The third-order valence-corrected chi connectivity index (χ3v) is 6.85. The smallest absolute Gasteiger partial charge is 0.236 e. The van der Waals surface area contributed by atoms with Crippen LogP contribution >= 0.6 is 23.1 Å². The number of halogens is 1. The van der Waals surface area contributed by atoms with Gasteiger partial charge in [0.05, 0.1) is 22.9 Å². The van der Waals surface area contributed by atoms with Crippen LogP contribution in [0.3, 0.4) is 0 Å². The number of rotatable bonds is 8. The Kier molecular flexibility index (Phi) is 7.51. The van der Waals surface area contributed by atoms with Gasteiger partial charge >= 0.3 is 0 Å². The average molecular weight is 471 g/mol. The molecule has 0 saturated heterocycles. The van der Waals surface area contributed by atoms with Gasteiger partial charge in [-0.3, -0.25) is 14.5 Å². The van der Waals surface area contributed by atoms with E-state index in [-0.39, 0.29) is 29.0 Å². The van der Waals surface area contributed by atoms with E-state index >= 15 is 0 Å². The summed E-state index contributed by atoms with van der Waals surface area (Å²) in [7, 11) is 0. The zero-order valence-electron chi connectivity index (χ0n) is 17.3. The van der Waals surface area contributed by atoms with Crippen molar-refractivity contribution < 1.29 is 14.0 Å². The Morgan fingerprint density at radius 2 is 1.75 bits per heavy atom. The molecule has 9 heteroatoms. The molecular formula is C23H23FN4O2S2. The number of thiazole rings is 1. The molecule has 2 N–H and O–H groups in total. The van der Waals surface area contributed by atoms with Gasteiger partial charge in [0.1, 0.15) is 5.82 Å². The number of nitrogens with zero attached hydrogens (tertiary/aromatic N) is 2. The maximum Gasteiger partial charge on any atom is 0.236 e. The summed E-state index contributed by atoms with van der Waals surface area (Å²) in [4.78, 5) is 32.3. The lowest BCUT2D eigenvalue weighted by atomic mass is 10.1. The highest BCUT2D eigenvalue weighted by molar-refractivity contribution is 8.00. The van der Waals surface area contributed by atoms with E-state index in [0.29, 0.717) is 5.13 Å². The fourth-order valence-corrected chi connectivity index (χ4v) is 5.10. The minimum absolute atomic E-state index is 0.0601. The van der Waals surface area contributed by atoms with Crippen molar-refractivity contribution in [2.75, 3.05) is 28.7 Å². The summed E-state index contributed by atoms with van der Waals surface area (Å²) in [6.45, 7) is 2.65. The predicted molar refractivity (Wildman–Crippen MR) is 127 cm³/mol. The molecule has 2 aromatic carbocycles. The normalized spacial score (nSPS) is 13.4. The maximum absolute atomic E-state index is 13.6. The molecule has 32 heavy (non-hydrogen) atoms. The van der Waals surface area contributed by atoms with Crippen molar-refractivity contribution in [2.24, 2.45) is 0 Å². The number of benzene rings is 2. The third kappa shape index (κ3) is 6.15. The molecule has 0 fully saturated rings. The number of hydrogen-bond donors (Lipinski definition) is 2. The van der Waals surface area contributed by atoms with Gasteiger partial charge in [0.25, 0.3) is 0 Å². The summed E-state index contributed by atoms with van der Waals surface area (Å²) >= 11 is 2.68. The monoisotopic (exact) mass is 470 g/mol. The molecule has 3 aromatic rings. The summed E-state index contributed by atoms with van der Waals surface area (Å²) in [5.74, 6) is -0.865. The number of carbonyl (C=O) groups excluding carboxylic acids is 2. The first kappa shape index (κ1) is 22.4. The number of carbonyl (C=O) groups is 2. The standard InChI is InChI=1S/C23H23FN4O2S2/c24-17-8-4-5-9-18(17)25-21(29)14-31-15-22(30)27-23-26-19-10-11-28(13-20(19)32-23)12-16-6-2-1-3-7-16/h1-9H,10-15H2,(H,25,29)(H,26,27,30). The van der Waals surface area contributed by atoms with Crippen molar-refractivity contribution in [3.05, 3.63) is 76.5 Å². The van der Waals surface area contributed by atoms with Crippen molar-refractivity contribution in [1.29, 1.82) is 0 Å². The van der Waals surface area contributed by atoms with Crippen LogP contribution < -0.4 is 10.6 Å². The quantitative estimate of drug-likeness (QED) is 0.517. The molecule has 0 aliphatic carbocycles. The highest BCUT2D eigenvalue weighted by Gasteiger charge is 2.21. The average Bonchev–Trinajstić information content (AvgIpc) is 3.17. The van der Waals surface area contributed by atoms with Crippen LogP contribution in [0.5, 0.6) is 0 Å². The Morgan fingerprint density at radius 3 is 2.53 bits per heavy atom. The fourth-order valence-electron chi connectivity index (χ4n) is 3.42. The number of hydrogen-bond acceptors (Lipinski definition) is 6. The van der Waals surface area contributed by atoms with Gasteiger partial charge < -0.3 is 10.6 Å². The van der Waals surface area contributed by atoms with Crippen LogP contribution in [-0.4, -0.2) is 39.7 Å². The minimum Gasteiger partial charge on any atom is -0.323 e. The molecule has 0 radical (unpaired) electrons. The van der Waals surface area contributed by atoms with E-state index in [1.165, 1.54) is 45.7 Å². The molecule has 0 atom stereocenters. The van der Waals surface area contributed by atoms with Crippen molar-refractivity contribution in [3.63, 3.8) is 0 Å². The van der Waals surface area contributed by atoms with Gasteiger partial charge in [0.2, 0.25) is 11.8 Å². The second-order valence-corrected chi connectivity index (χ2v) is 9.47. The number of amides is 2. The molecule has 0 unspecified atom stereocenters. The number of anilines is 2. The Bertz CT molecular complexity index is 1090. The number of nitrogens with one attached hydrogen (secondary N) is 2. The first-order valence-corrected chi connectivity index (χ1v) is 12.2. The number of thioether (sulfide) groups is 1. The van der Waals surface area contributed by atoms with Gasteiger partial charge in [-0.25, -0.2) is 9.37 Å². The van der Waals surface area contributed by atoms with Gasteiger partial charge in [-0.05, 0) is 17.7 Å². The number of fused-ring (bicyclic) bond motifs is 1. The first-order chi connectivity index (χ1) is 15.6. The van der Waals surface area contributed by atoms with Crippen molar-refractivity contribution in [3.8, 4) is 0 Å². The molecule has 0 saturated carbocycles. The Morgan fingerprint density at radius 1 is 1.03 bits per heavy atom. The molecule has 166 valence electrons. The molecule has 0 bridgehead atoms. The van der Waals surface area contributed by atoms with E-state index in [1.54, 1.807) is 12.1 Å². The van der Waals surface area contributed by atoms with Crippen LogP contribution in [0.2, 0.25) is 0 Å². The summed E-state index contributed by atoms with van der Waals surface area (Å²) in [5, 5.41) is 5.94. The summed E-state index contributed by atoms with van der Waals surface area (Å²) in [6.07, 6.45) is 0.861. The van der Waals surface area contributed by atoms with Crippen LogP contribution in [-0.2, 0) is 29.1 Å². The maximum atomic E-state index is 13.6. The Labute approximate surface area is 194 Å². The lowest BCUT2D eigenvalue weighted by molar-refractivity contribution is -0.114. The van der Waals surface area contributed by atoms with E-state index in [0.717, 1.165) is 31.7 Å². The van der Waals surface area contributed by atoms with E-state index < -0.39 is 5.82 Å². The molecule has 1 aliphatic heterocycles. The minimum atomic E-state index is -0.487. The van der Waals surface area contributed by atoms with Crippen molar-refractivity contribution in [1.82, 2.24) is 9.88 Å². The zero-order valence-corrected chi connectivity index (χ0v) is 19.0. The van der Waals surface area contributed by atoms with Gasteiger partial charge in [-0.2, -0.15) is 0 Å². The van der Waals surface area contributed by atoms with Crippen LogP contribution in [0, 0.1) is 5.82 Å². The number of para-hydroxylation sites is 1. The Balaban J connectivity index is 1.22. The molecule has 1 aromatic heterocycles. The third-order valence-electron chi connectivity index (χ3n) is 4.92. The number of aromatic nitrogens is 1. The predicted octanol–water partition coefficient (Wildman–Crippen LogP) is 4.15. The van der Waals surface area contributed by atoms with Crippen LogP contribution in [0.25, 0.3) is 0 Å². The SMILES string of the molecule is O=C(CSCC(=O)Nc1ccccc1F)Nc1nc2c(s1)CN(Cc1ccccc1)CC2. The Hall–Kier alpha value is -2.75. The van der Waals surface area contributed by atoms with E-state index in [1.807, 2.05) is 18.2 Å². The summed E-state index contributed by atoms with van der Waals surface area (Å²) in [5.41, 5.74) is 2.47. The molecule has 0 spiro atoms. The van der Waals surface area contributed by atoms with E-state index in [4.69, 9.17) is 0 Å². The van der Waals surface area contributed by atoms with Crippen molar-refractivity contribution in [2.45, 2.75) is 19.5 Å². The topological polar surface area (TPSA) is 74.3 Å². The summed E-state index contributed by atoms with van der Waals surface area (Å²) < 4.78 is 13.6. The molecule has 1 aliphatic rings. The molecule has 2 amide bonds. The van der Waals surface area contributed by atoms with E-state index in [9.17, 15) is 14.0 Å². The molecule has 2 heterocycles. The van der Waals surface area contributed by atoms with Gasteiger partial charge in [0.15, 0.2) is 5.13 Å². The van der Waals surface area contributed by atoms with E-state index in [2.05, 4.69) is 32.7 Å².